The minimum absolute atomic E-state index is 0.180. The third-order valence-corrected chi connectivity index (χ3v) is 3.49. The predicted molar refractivity (Wildman–Crippen MR) is 75.3 cm³/mol. The molecule has 1 aromatic carbocycles. The monoisotopic (exact) mass is 273 g/mol. The Morgan fingerprint density at radius 2 is 2.10 bits per heavy atom. The van der Waals surface area contributed by atoms with E-state index in [1.807, 2.05) is 48.1 Å². The van der Waals surface area contributed by atoms with E-state index in [9.17, 15) is 5.11 Å². The molecular weight excluding hydrogens is 254 g/mol. The van der Waals surface area contributed by atoms with Gasteiger partial charge in [-0.15, -0.1) is 0 Å². The largest absolute Gasteiger partial charge is 0.486 e. The maximum Gasteiger partial charge on any atom is 0.138 e. The number of aromatic nitrogens is 2. The molecule has 0 bridgehead atoms. The number of rotatable bonds is 4. The summed E-state index contributed by atoms with van der Waals surface area (Å²) < 4.78 is 7.77. The quantitative estimate of drug-likeness (QED) is 0.904. The Morgan fingerprint density at radius 3 is 2.80 bits per heavy atom. The summed E-state index contributed by atoms with van der Waals surface area (Å²) in [4.78, 5) is 6.48. The number of β-amino-alcohol motifs (C(OH)–C–C–N with tert-alkyl or cyclic N) is 1. The van der Waals surface area contributed by atoms with Crippen molar-refractivity contribution in [3.63, 3.8) is 0 Å². The minimum Gasteiger partial charge on any atom is -0.486 e. The summed E-state index contributed by atoms with van der Waals surface area (Å²) in [5.41, 5.74) is 1.01. The van der Waals surface area contributed by atoms with Gasteiger partial charge in [0, 0.05) is 32.9 Å². The summed E-state index contributed by atoms with van der Waals surface area (Å²) in [6.07, 6.45) is 3.15. The number of benzene rings is 1. The second kappa shape index (κ2) is 5.64. The molecule has 106 valence electrons. The van der Waals surface area contributed by atoms with Crippen LogP contribution >= 0.6 is 0 Å². The molecule has 1 fully saturated rings. The van der Waals surface area contributed by atoms with Crippen LogP contribution in [0.4, 0.5) is 0 Å². The van der Waals surface area contributed by atoms with Gasteiger partial charge in [-0.2, -0.15) is 0 Å². The van der Waals surface area contributed by atoms with Crippen LogP contribution in [0.3, 0.4) is 0 Å². The molecule has 0 radical (unpaired) electrons. The number of para-hydroxylation sites is 1. The van der Waals surface area contributed by atoms with Crippen molar-refractivity contribution in [3.8, 4) is 5.75 Å². The Kier molecular flexibility index (Phi) is 3.71. The van der Waals surface area contributed by atoms with Crippen molar-refractivity contribution in [2.24, 2.45) is 7.05 Å². The second-order valence-corrected chi connectivity index (χ2v) is 5.26. The summed E-state index contributed by atoms with van der Waals surface area (Å²) in [6.45, 7) is 2.08. The summed E-state index contributed by atoms with van der Waals surface area (Å²) >= 11 is 0. The van der Waals surface area contributed by atoms with Crippen molar-refractivity contribution >= 4 is 0 Å². The molecule has 20 heavy (non-hydrogen) atoms. The highest BCUT2D eigenvalue weighted by molar-refractivity contribution is 5.21. The number of ether oxygens (including phenoxy) is 1. The highest BCUT2D eigenvalue weighted by atomic mass is 16.5. The lowest BCUT2D eigenvalue weighted by Gasteiger charge is -2.16. The predicted octanol–water partition coefficient (Wildman–Crippen LogP) is 1.04. The van der Waals surface area contributed by atoms with E-state index in [0.29, 0.717) is 13.1 Å². The van der Waals surface area contributed by atoms with Crippen LogP contribution in [-0.4, -0.2) is 44.9 Å². The molecule has 0 amide bonds. The normalized spacial score (nSPS) is 23.1. The van der Waals surface area contributed by atoms with Gasteiger partial charge in [-0.1, -0.05) is 18.2 Å². The van der Waals surface area contributed by atoms with Crippen molar-refractivity contribution < 1.29 is 9.84 Å². The molecule has 0 spiro atoms. The Hall–Kier alpha value is -1.85. The van der Waals surface area contributed by atoms with Crippen molar-refractivity contribution in [1.29, 1.82) is 0 Å². The molecule has 0 unspecified atom stereocenters. The van der Waals surface area contributed by atoms with Crippen molar-refractivity contribution in [2.75, 3.05) is 13.1 Å². The summed E-state index contributed by atoms with van der Waals surface area (Å²) in [5.74, 6) is 0.802. The smallest absolute Gasteiger partial charge is 0.138 e. The van der Waals surface area contributed by atoms with E-state index in [-0.39, 0.29) is 6.10 Å². The molecule has 2 heterocycles. The third kappa shape index (κ3) is 3.00. The van der Waals surface area contributed by atoms with Crippen LogP contribution in [0.1, 0.15) is 5.69 Å². The Balaban J connectivity index is 1.59. The fourth-order valence-corrected chi connectivity index (χ4v) is 2.53. The highest BCUT2D eigenvalue weighted by Crippen LogP contribution is 2.19. The third-order valence-electron chi connectivity index (χ3n) is 3.49. The molecule has 3 rings (SSSR count). The fraction of sp³-hybridized carbons (Fsp3) is 0.400. The number of aliphatic hydroxyl groups excluding tert-OH is 1. The first kappa shape index (κ1) is 13.1. The van der Waals surface area contributed by atoms with E-state index >= 15 is 0 Å². The second-order valence-electron chi connectivity index (χ2n) is 5.26. The first-order valence-corrected chi connectivity index (χ1v) is 6.79. The van der Waals surface area contributed by atoms with Gasteiger partial charge in [0.2, 0.25) is 0 Å². The molecule has 1 N–H and O–H groups in total. The van der Waals surface area contributed by atoms with Gasteiger partial charge in [-0.05, 0) is 12.1 Å². The average molecular weight is 273 g/mol. The van der Waals surface area contributed by atoms with Gasteiger partial charge in [-0.3, -0.25) is 4.90 Å². The lowest BCUT2D eigenvalue weighted by Crippen LogP contribution is -2.29. The van der Waals surface area contributed by atoms with Crippen LogP contribution in [0.5, 0.6) is 5.75 Å². The molecule has 1 aliphatic rings. The Labute approximate surface area is 118 Å². The molecule has 2 atom stereocenters. The number of hydrogen-bond acceptors (Lipinski definition) is 4. The van der Waals surface area contributed by atoms with E-state index in [1.54, 1.807) is 6.33 Å². The molecule has 1 aliphatic heterocycles. The van der Waals surface area contributed by atoms with Gasteiger partial charge in [-0.25, -0.2) is 4.98 Å². The van der Waals surface area contributed by atoms with Crippen LogP contribution in [0.15, 0.2) is 42.9 Å². The Bertz CT molecular complexity index is 555. The first-order valence-electron chi connectivity index (χ1n) is 6.79. The molecule has 0 saturated carbocycles. The maximum absolute atomic E-state index is 10.1. The van der Waals surface area contributed by atoms with Crippen molar-refractivity contribution in [1.82, 2.24) is 14.5 Å². The number of aryl methyl sites for hydroxylation is 1. The van der Waals surface area contributed by atoms with Crippen LogP contribution in [0, 0.1) is 0 Å². The fourth-order valence-electron chi connectivity index (χ4n) is 2.53. The SMILES string of the molecule is Cn1cnc(CN2C[C@@H](O)[C@H](Oc3ccccc3)C2)c1. The highest BCUT2D eigenvalue weighted by Gasteiger charge is 2.33. The zero-order valence-electron chi connectivity index (χ0n) is 11.5. The summed E-state index contributed by atoms with van der Waals surface area (Å²) in [6, 6.07) is 9.64. The van der Waals surface area contributed by atoms with Crippen molar-refractivity contribution in [3.05, 3.63) is 48.5 Å². The van der Waals surface area contributed by atoms with Gasteiger partial charge < -0.3 is 14.4 Å². The van der Waals surface area contributed by atoms with Gasteiger partial charge in [0.05, 0.1) is 12.0 Å². The molecule has 5 nitrogen and oxygen atoms in total. The van der Waals surface area contributed by atoms with Gasteiger partial charge in [0.15, 0.2) is 0 Å². The lowest BCUT2D eigenvalue weighted by molar-refractivity contribution is 0.0737. The van der Waals surface area contributed by atoms with Crippen molar-refractivity contribution in [2.45, 2.75) is 18.8 Å². The molecule has 2 aromatic rings. The maximum atomic E-state index is 10.1. The summed E-state index contributed by atoms with van der Waals surface area (Å²) in [5, 5.41) is 10.1. The number of nitrogens with zero attached hydrogens (tertiary/aromatic N) is 3. The lowest BCUT2D eigenvalue weighted by atomic mass is 10.2. The van der Waals surface area contributed by atoms with E-state index in [0.717, 1.165) is 18.0 Å². The first-order chi connectivity index (χ1) is 9.70. The van der Waals surface area contributed by atoms with Crippen LogP contribution < -0.4 is 4.74 Å². The molecular formula is C15H19N3O2. The average Bonchev–Trinajstić information content (AvgIpc) is 2.98. The zero-order valence-corrected chi connectivity index (χ0v) is 11.5. The standard InChI is InChI=1S/C15H19N3O2/c1-17-7-12(16-11-17)8-18-9-14(19)15(10-18)20-13-5-3-2-4-6-13/h2-7,11,14-15,19H,8-10H2,1H3/t14-,15-/m1/s1. The number of likely N-dealkylation sites (tertiary alicyclic amines) is 1. The summed E-state index contributed by atoms with van der Waals surface area (Å²) in [7, 11) is 1.96. The van der Waals surface area contributed by atoms with E-state index in [2.05, 4.69) is 9.88 Å². The minimum atomic E-state index is -0.459. The molecule has 5 heteroatoms. The van der Waals surface area contributed by atoms with Gasteiger partial charge >= 0.3 is 0 Å². The number of hydrogen-bond donors (Lipinski definition) is 1. The van der Waals surface area contributed by atoms with E-state index in [4.69, 9.17) is 4.74 Å². The van der Waals surface area contributed by atoms with Crippen LogP contribution in [0.2, 0.25) is 0 Å². The van der Waals surface area contributed by atoms with Gasteiger partial charge in [0.1, 0.15) is 18.0 Å². The molecule has 0 aliphatic carbocycles. The van der Waals surface area contributed by atoms with E-state index < -0.39 is 6.10 Å². The number of aliphatic hydroxyl groups is 1. The van der Waals surface area contributed by atoms with E-state index in [1.165, 1.54) is 0 Å². The zero-order chi connectivity index (χ0) is 13.9. The van der Waals surface area contributed by atoms with Crippen LogP contribution in [0.25, 0.3) is 0 Å². The number of imidazole rings is 1. The van der Waals surface area contributed by atoms with Crippen LogP contribution in [-0.2, 0) is 13.6 Å². The topological polar surface area (TPSA) is 50.5 Å². The van der Waals surface area contributed by atoms with Gasteiger partial charge in [0.25, 0.3) is 0 Å². The molecule has 1 aromatic heterocycles. The Morgan fingerprint density at radius 1 is 1.30 bits per heavy atom. The molecule has 1 saturated heterocycles.